The summed E-state index contributed by atoms with van der Waals surface area (Å²) in [6.45, 7) is 0.196. The average molecular weight is 505 g/mol. The van der Waals surface area contributed by atoms with Gasteiger partial charge in [-0.1, -0.05) is 72.9 Å². The zero-order valence-electron chi connectivity index (χ0n) is 19.9. The minimum atomic E-state index is -0.944. The van der Waals surface area contributed by atoms with Gasteiger partial charge in [-0.25, -0.2) is 9.59 Å². The van der Waals surface area contributed by atoms with Crippen LogP contribution in [0.15, 0.2) is 72.8 Å². The van der Waals surface area contributed by atoms with Crippen LogP contribution in [0.4, 0.5) is 4.79 Å². The van der Waals surface area contributed by atoms with Gasteiger partial charge in [0, 0.05) is 12.3 Å². The molecule has 0 bridgehead atoms. The molecule has 0 saturated carbocycles. The summed E-state index contributed by atoms with van der Waals surface area (Å²) in [5, 5.41) is 2.63. The van der Waals surface area contributed by atoms with E-state index < -0.39 is 18.1 Å². The monoisotopic (exact) mass is 504 g/mol. The first-order valence-corrected chi connectivity index (χ1v) is 12.1. The van der Waals surface area contributed by atoms with Crippen LogP contribution in [-0.4, -0.2) is 36.8 Å². The van der Waals surface area contributed by atoms with Crippen molar-refractivity contribution in [2.24, 2.45) is 5.73 Å². The molecule has 0 spiro atoms. The Morgan fingerprint density at radius 3 is 2.14 bits per heavy atom. The number of rotatable bonds is 10. The van der Waals surface area contributed by atoms with Crippen molar-refractivity contribution in [2.45, 2.75) is 31.4 Å². The van der Waals surface area contributed by atoms with E-state index in [0.717, 1.165) is 27.8 Å². The molecule has 7 nitrogen and oxygen atoms in total. The van der Waals surface area contributed by atoms with Crippen LogP contribution in [0.3, 0.4) is 0 Å². The van der Waals surface area contributed by atoms with Gasteiger partial charge in [0.25, 0.3) is 0 Å². The third kappa shape index (κ3) is 6.01. The second-order valence-electron chi connectivity index (χ2n) is 8.48. The van der Waals surface area contributed by atoms with Crippen molar-refractivity contribution in [1.82, 2.24) is 5.32 Å². The summed E-state index contributed by atoms with van der Waals surface area (Å²) >= 11 is 4.95. The minimum Gasteiger partial charge on any atom is -0.497 e. The molecule has 3 N–H and O–H groups in total. The molecule has 1 aliphatic carbocycles. The highest BCUT2D eigenvalue weighted by Gasteiger charge is 2.30. The number of nitrogens with two attached hydrogens (primary N) is 1. The van der Waals surface area contributed by atoms with Crippen molar-refractivity contribution in [3.05, 3.63) is 89.5 Å². The molecule has 1 amide bonds. The SMILES string of the molecule is COc1ccc(COC(=O)C(CCC(N)=S)NC(=O)OCC2c3ccccc3-c3ccccc32)cc1. The number of amides is 1. The predicted molar refractivity (Wildman–Crippen MR) is 141 cm³/mol. The lowest BCUT2D eigenvalue weighted by molar-refractivity contribution is -0.147. The molecule has 1 aliphatic rings. The summed E-state index contributed by atoms with van der Waals surface area (Å²) < 4.78 is 16.1. The van der Waals surface area contributed by atoms with Crippen molar-refractivity contribution < 1.29 is 23.8 Å². The predicted octanol–water partition coefficient (Wildman–Crippen LogP) is 4.71. The highest BCUT2D eigenvalue weighted by molar-refractivity contribution is 7.80. The van der Waals surface area contributed by atoms with Crippen molar-refractivity contribution >= 4 is 29.3 Å². The molecule has 1 atom stereocenters. The number of nitrogens with one attached hydrogen (secondary N) is 1. The number of hydrogen-bond acceptors (Lipinski definition) is 6. The first-order valence-electron chi connectivity index (χ1n) is 11.7. The lowest BCUT2D eigenvalue weighted by Crippen LogP contribution is -2.43. The highest BCUT2D eigenvalue weighted by atomic mass is 32.1. The number of benzene rings is 3. The van der Waals surface area contributed by atoms with Crippen LogP contribution < -0.4 is 15.8 Å². The molecule has 3 aromatic rings. The minimum absolute atomic E-state index is 0.0543. The Balaban J connectivity index is 1.37. The number of fused-ring (bicyclic) bond motifs is 3. The number of alkyl carbamates (subject to hydrolysis) is 1. The zero-order chi connectivity index (χ0) is 25.5. The van der Waals surface area contributed by atoms with E-state index in [9.17, 15) is 9.59 Å². The maximum absolute atomic E-state index is 12.8. The van der Waals surface area contributed by atoms with Crippen LogP contribution in [0.5, 0.6) is 5.75 Å². The fourth-order valence-electron chi connectivity index (χ4n) is 4.29. The van der Waals surface area contributed by atoms with E-state index in [1.54, 1.807) is 31.4 Å². The topological polar surface area (TPSA) is 99.9 Å². The van der Waals surface area contributed by atoms with Gasteiger partial charge in [-0.15, -0.1) is 0 Å². The number of carbonyl (C=O) groups is 2. The average Bonchev–Trinajstić information content (AvgIpc) is 3.22. The molecule has 1 unspecified atom stereocenters. The maximum Gasteiger partial charge on any atom is 0.407 e. The van der Waals surface area contributed by atoms with E-state index in [-0.39, 0.29) is 37.0 Å². The second-order valence-corrected chi connectivity index (χ2v) is 9.01. The third-order valence-electron chi connectivity index (χ3n) is 6.14. The van der Waals surface area contributed by atoms with Crippen LogP contribution in [0.1, 0.15) is 35.4 Å². The Labute approximate surface area is 215 Å². The second kappa shape index (κ2) is 11.7. The Morgan fingerprint density at radius 2 is 1.56 bits per heavy atom. The summed E-state index contributed by atoms with van der Waals surface area (Å²) in [6.07, 6.45) is -0.214. The smallest absolute Gasteiger partial charge is 0.407 e. The van der Waals surface area contributed by atoms with Gasteiger partial charge in [0.1, 0.15) is 25.0 Å². The van der Waals surface area contributed by atoms with Gasteiger partial charge in [-0.3, -0.25) is 0 Å². The number of hydrogen-bond donors (Lipinski definition) is 2. The van der Waals surface area contributed by atoms with Crippen molar-refractivity contribution in [3.63, 3.8) is 0 Å². The van der Waals surface area contributed by atoms with Crippen LogP contribution in [0.2, 0.25) is 0 Å². The van der Waals surface area contributed by atoms with E-state index >= 15 is 0 Å². The Bertz CT molecular complexity index is 1200. The molecule has 0 radical (unpaired) electrons. The summed E-state index contributed by atoms with van der Waals surface area (Å²) in [5.41, 5.74) is 10.9. The fourth-order valence-corrected chi connectivity index (χ4v) is 4.41. The summed E-state index contributed by atoms with van der Waals surface area (Å²) in [4.78, 5) is 25.7. The van der Waals surface area contributed by atoms with Crippen molar-refractivity contribution in [2.75, 3.05) is 13.7 Å². The number of esters is 1. The van der Waals surface area contributed by atoms with Gasteiger partial charge < -0.3 is 25.3 Å². The number of methoxy groups -OCH3 is 1. The Kier molecular flexibility index (Phi) is 8.17. The van der Waals surface area contributed by atoms with Gasteiger partial charge in [0.15, 0.2) is 0 Å². The van der Waals surface area contributed by atoms with Gasteiger partial charge in [-0.05, 0) is 46.4 Å². The first-order chi connectivity index (χ1) is 17.5. The van der Waals surface area contributed by atoms with Crippen LogP contribution in [0.25, 0.3) is 11.1 Å². The lowest BCUT2D eigenvalue weighted by atomic mass is 9.98. The van der Waals surface area contributed by atoms with E-state index in [1.165, 1.54) is 0 Å². The quantitative estimate of drug-likeness (QED) is 0.305. The normalized spacial score (nSPS) is 12.7. The van der Waals surface area contributed by atoms with E-state index in [2.05, 4.69) is 17.4 Å². The Hall–Kier alpha value is -3.91. The molecule has 8 heteroatoms. The summed E-state index contributed by atoms with van der Waals surface area (Å²) in [6, 6.07) is 22.4. The van der Waals surface area contributed by atoms with Gasteiger partial charge in [0.2, 0.25) is 0 Å². The molecule has 36 heavy (non-hydrogen) atoms. The van der Waals surface area contributed by atoms with E-state index in [4.69, 9.17) is 32.2 Å². The molecule has 0 fully saturated rings. The van der Waals surface area contributed by atoms with E-state index in [1.807, 2.05) is 36.4 Å². The van der Waals surface area contributed by atoms with Crippen molar-refractivity contribution in [1.29, 1.82) is 0 Å². The molecule has 186 valence electrons. The largest absolute Gasteiger partial charge is 0.497 e. The standard InChI is InChI=1S/C28H28N2O5S/c1-33-19-12-10-18(11-13-19)16-34-27(31)25(14-15-26(29)36)30-28(32)35-17-24-22-8-4-2-6-20(22)21-7-3-5-9-23(21)24/h2-13,24-25H,14-17H2,1H3,(H2,29,36)(H,30,32). The summed E-state index contributed by atoms with van der Waals surface area (Å²) in [7, 11) is 1.58. The molecule has 3 aromatic carbocycles. The van der Waals surface area contributed by atoms with E-state index in [0.29, 0.717) is 5.75 Å². The maximum atomic E-state index is 12.8. The van der Waals surface area contributed by atoms with Crippen LogP contribution in [-0.2, 0) is 20.9 Å². The van der Waals surface area contributed by atoms with Crippen molar-refractivity contribution in [3.8, 4) is 16.9 Å². The number of thiocarbonyl (C=S) groups is 1. The van der Waals surface area contributed by atoms with Gasteiger partial charge in [-0.2, -0.15) is 0 Å². The molecular weight excluding hydrogens is 476 g/mol. The molecule has 0 aromatic heterocycles. The van der Waals surface area contributed by atoms with Crippen LogP contribution >= 0.6 is 12.2 Å². The molecule has 0 heterocycles. The first kappa shape index (κ1) is 25.2. The lowest BCUT2D eigenvalue weighted by Gasteiger charge is -2.19. The number of ether oxygens (including phenoxy) is 3. The number of carbonyl (C=O) groups excluding carboxylic acids is 2. The highest BCUT2D eigenvalue weighted by Crippen LogP contribution is 2.44. The Morgan fingerprint density at radius 1 is 0.944 bits per heavy atom. The zero-order valence-corrected chi connectivity index (χ0v) is 20.8. The molecule has 0 aliphatic heterocycles. The van der Waals surface area contributed by atoms with Gasteiger partial charge in [0.05, 0.1) is 12.1 Å². The fraction of sp³-hybridized carbons (Fsp3) is 0.250. The van der Waals surface area contributed by atoms with Gasteiger partial charge >= 0.3 is 12.1 Å². The molecular formula is C28H28N2O5S. The molecule has 4 rings (SSSR count). The van der Waals surface area contributed by atoms with Crippen LogP contribution in [0, 0.1) is 0 Å². The third-order valence-corrected chi connectivity index (χ3v) is 6.34. The molecule has 0 saturated heterocycles. The summed E-state index contributed by atoms with van der Waals surface area (Å²) in [5.74, 6) is 0.0344.